The van der Waals surface area contributed by atoms with Gasteiger partial charge >= 0.3 is 0 Å². The summed E-state index contributed by atoms with van der Waals surface area (Å²) < 4.78 is 13.8. The topological polar surface area (TPSA) is 17.1 Å². The molecule has 1 heterocycles. The Morgan fingerprint density at radius 1 is 1.44 bits per heavy atom. The van der Waals surface area contributed by atoms with E-state index in [1.807, 2.05) is 12.3 Å². The van der Waals surface area contributed by atoms with Crippen LogP contribution >= 0.6 is 23.1 Å². The summed E-state index contributed by atoms with van der Waals surface area (Å²) in [6.07, 6.45) is 2.53. The minimum atomic E-state index is -0.252. The standard InChI is InChI=1S/C12H11FOS2/c1-15-5-4-10(14)12-6-8-2-3-9(13)7-11(8)16-12/h2-3,6-7H,4-5H2,1H3. The maximum absolute atomic E-state index is 13.0. The van der Waals surface area contributed by atoms with Gasteiger partial charge in [0.1, 0.15) is 5.82 Å². The molecule has 0 bridgehead atoms. The first-order valence-corrected chi connectivity index (χ1v) is 7.13. The number of benzene rings is 1. The van der Waals surface area contributed by atoms with Gasteiger partial charge in [-0.3, -0.25) is 4.79 Å². The Morgan fingerprint density at radius 2 is 2.25 bits per heavy atom. The van der Waals surface area contributed by atoms with Crippen LogP contribution in [0.2, 0.25) is 0 Å². The van der Waals surface area contributed by atoms with Crippen LogP contribution in [0.1, 0.15) is 16.1 Å². The SMILES string of the molecule is CSCCC(=O)c1cc2ccc(F)cc2s1. The fraction of sp³-hybridized carbons (Fsp3) is 0.250. The Morgan fingerprint density at radius 3 is 3.00 bits per heavy atom. The zero-order chi connectivity index (χ0) is 11.5. The van der Waals surface area contributed by atoms with Gasteiger partial charge in [-0.15, -0.1) is 11.3 Å². The molecule has 1 aromatic heterocycles. The Kier molecular flexibility index (Phi) is 3.61. The highest BCUT2D eigenvalue weighted by atomic mass is 32.2. The van der Waals surface area contributed by atoms with Crippen LogP contribution in [-0.2, 0) is 0 Å². The average Bonchev–Trinajstić information content (AvgIpc) is 2.68. The van der Waals surface area contributed by atoms with Crippen LogP contribution in [0.4, 0.5) is 4.39 Å². The Labute approximate surface area is 102 Å². The second-order valence-corrected chi connectivity index (χ2v) is 5.53. The number of thiophene rings is 1. The zero-order valence-electron chi connectivity index (χ0n) is 8.83. The summed E-state index contributed by atoms with van der Waals surface area (Å²) in [4.78, 5) is 12.5. The summed E-state index contributed by atoms with van der Waals surface area (Å²) in [5.41, 5.74) is 0. The summed E-state index contributed by atoms with van der Waals surface area (Å²) in [5.74, 6) is 0.731. The highest BCUT2D eigenvalue weighted by Crippen LogP contribution is 2.27. The van der Waals surface area contributed by atoms with Crippen LogP contribution in [0.15, 0.2) is 24.3 Å². The lowest BCUT2D eigenvalue weighted by atomic mass is 10.2. The fourth-order valence-electron chi connectivity index (χ4n) is 1.46. The van der Waals surface area contributed by atoms with E-state index in [-0.39, 0.29) is 11.6 Å². The van der Waals surface area contributed by atoms with E-state index in [0.717, 1.165) is 20.7 Å². The minimum absolute atomic E-state index is 0.149. The monoisotopic (exact) mass is 254 g/mol. The number of carbonyl (C=O) groups excluding carboxylic acids is 1. The maximum Gasteiger partial charge on any atom is 0.173 e. The lowest BCUT2D eigenvalue weighted by Crippen LogP contribution is -1.96. The predicted octanol–water partition coefficient (Wildman–Crippen LogP) is 3.98. The molecule has 0 N–H and O–H groups in total. The Bertz CT molecular complexity index is 519. The molecule has 16 heavy (non-hydrogen) atoms. The van der Waals surface area contributed by atoms with Crippen molar-refractivity contribution in [3.05, 3.63) is 35.0 Å². The van der Waals surface area contributed by atoms with Crippen LogP contribution in [0.3, 0.4) is 0 Å². The summed E-state index contributed by atoms with van der Waals surface area (Å²) >= 11 is 3.03. The van der Waals surface area contributed by atoms with Crippen molar-refractivity contribution in [3.8, 4) is 0 Å². The summed E-state index contributed by atoms with van der Waals surface area (Å²) in [7, 11) is 0. The number of ketones is 1. The first-order chi connectivity index (χ1) is 7.70. The second kappa shape index (κ2) is 4.97. The third-order valence-electron chi connectivity index (χ3n) is 2.29. The molecule has 4 heteroatoms. The molecule has 1 aromatic carbocycles. The molecular formula is C12H11FOS2. The van der Waals surface area contributed by atoms with Crippen molar-refractivity contribution < 1.29 is 9.18 Å². The van der Waals surface area contributed by atoms with Crippen LogP contribution in [0.25, 0.3) is 10.1 Å². The highest BCUT2D eigenvalue weighted by molar-refractivity contribution is 7.98. The molecule has 0 aliphatic heterocycles. The van der Waals surface area contributed by atoms with Gasteiger partial charge in [0.2, 0.25) is 0 Å². The predicted molar refractivity (Wildman–Crippen MR) is 69.1 cm³/mol. The molecule has 84 valence electrons. The third kappa shape index (κ3) is 2.44. The second-order valence-electron chi connectivity index (χ2n) is 3.46. The number of hydrogen-bond acceptors (Lipinski definition) is 3. The molecule has 2 rings (SSSR count). The van der Waals surface area contributed by atoms with Crippen molar-refractivity contribution >= 4 is 39.0 Å². The molecule has 1 nitrogen and oxygen atoms in total. The molecule has 0 atom stereocenters. The largest absolute Gasteiger partial charge is 0.293 e. The summed E-state index contributed by atoms with van der Waals surface area (Å²) in [6.45, 7) is 0. The molecule has 0 saturated heterocycles. The molecule has 0 aliphatic rings. The zero-order valence-corrected chi connectivity index (χ0v) is 10.5. The lowest BCUT2D eigenvalue weighted by molar-refractivity contribution is 0.0993. The third-order valence-corrected chi connectivity index (χ3v) is 4.04. The first kappa shape index (κ1) is 11.6. The van der Waals surface area contributed by atoms with Crippen LogP contribution in [0, 0.1) is 5.82 Å². The van der Waals surface area contributed by atoms with Gasteiger partial charge in [0, 0.05) is 16.9 Å². The molecule has 0 aliphatic carbocycles. The van der Waals surface area contributed by atoms with E-state index in [1.54, 1.807) is 17.8 Å². The van der Waals surface area contributed by atoms with Gasteiger partial charge in [-0.25, -0.2) is 4.39 Å². The number of fused-ring (bicyclic) bond motifs is 1. The minimum Gasteiger partial charge on any atom is -0.293 e. The number of rotatable bonds is 4. The van der Waals surface area contributed by atoms with Crippen molar-refractivity contribution in [3.63, 3.8) is 0 Å². The van der Waals surface area contributed by atoms with Crippen LogP contribution in [0.5, 0.6) is 0 Å². The molecular weight excluding hydrogens is 243 g/mol. The van der Waals surface area contributed by atoms with E-state index >= 15 is 0 Å². The molecule has 0 fully saturated rings. The van der Waals surface area contributed by atoms with Crippen molar-refractivity contribution in [2.24, 2.45) is 0 Å². The smallest absolute Gasteiger partial charge is 0.173 e. The number of thioether (sulfide) groups is 1. The molecule has 0 amide bonds. The van der Waals surface area contributed by atoms with E-state index in [1.165, 1.54) is 23.5 Å². The van der Waals surface area contributed by atoms with Crippen LogP contribution < -0.4 is 0 Å². The van der Waals surface area contributed by atoms with E-state index in [9.17, 15) is 9.18 Å². The van der Waals surface area contributed by atoms with Gasteiger partial charge < -0.3 is 0 Å². The lowest BCUT2D eigenvalue weighted by Gasteiger charge is -1.93. The molecule has 0 unspecified atom stereocenters. The van der Waals surface area contributed by atoms with E-state index in [4.69, 9.17) is 0 Å². The van der Waals surface area contributed by atoms with Crippen molar-refractivity contribution in [2.75, 3.05) is 12.0 Å². The van der Waals surface area contributed by atoms with Crippen LogP contribution in [-0.4, -0.2) is 17.8 Å². The van der Waals surface area contributed by atoms with Crippen molar-refractivity contribution in [1.82, 2.24) is 0 Å². The van der Waals surface area contributed by atoms with E-state index < -0.39 is 0 Å². The summed E-state index contributed by atoms with van der Waals surface area (Å²) in [6, 6.07) is 6.46. The van der Waals surface area contributed by atoms with Gasteiger partial charge in [-0.1, -0.05) is 6.07 Å². The van der Waals surface area contributed by atoms with Crippen molar-refractivity contribution in [2.45, 2.75) is 6.42 Å². The number of carbonyl (C=O) groups is 1. The molecule has 0 saturated carbocycles. The molecule has 0 radical (unpaired) electrons. The number of hydrogen-bond donors (Lipinski definition) is 0. The molecule has 2 aromatic rings. The van der Waals surface area contributed by atoms with Gasteiger partial charge in [0.25, 0.3) is 0 Å². The Balaban J connectivity index is 2.28. The quantitative estimate of drug-likeness (QED) is 0.768. The maximum atomic E-state index is 13.0. The van der Waals surface area contributed by atoms with Gasteiger partial charge in [-0.2, -0.15) is 11.8 Å². The van der Waals surface area contributed by atoms with Gasteiger partial charge in [0.05, 0.1) is 4.88 Å². The molecule has 0 spiro atoms. The van der Waals surface area contributed by atoms with Crippen molar-refractivity contribution in [1.29, 1.82) is 0 Å². The number of halogens is 1. The highest BCUT2D eigenvalue weighted by Gasteiger charge is 2.10. The number of Topliss-reactive ketones (excluding diaryl/α,β-unsaturated/α-hetero) is 1. The summed E-state index contributed by atoms with van der Waals surface area (Å²) in [5, 5.41) is 0.943. The normalized spacial score (nSPS) is 10.9. The average molecular weight is 254 g/mol. The van der Waals surface area contributed by atoms with Gasteiger partial charge in [0.15, 0.2) is 5.78 Å². The van der Waals surface area contributed by atoms with E-state index in [2.05, 4.69) is 0 Å². The van der Waals surface area contributed by atoms with E-state index in [0.29, 0.717) is 6.42 Å². The Hall–Kier alpha value is -0.870. The fourth-order valence-corrected chi connectivity index (χ4v) is 2.90. The first-order valence-electron chi connectivity index (χ1n) is 4.92. The van der Waals surface area contributed by atoms with Gasteiger partial charge in [-0.05, 0) is 29.8 Å².